The van der Waals surface area contributed by atoms with E-state index in [9.17, 15) is 0 Å². The van der Waals surface area contributed by atoms with E-state index < -0.39 is 0 Å². The highest BCUT2D eigenvalue weighted by Crippen LogP contribution is 2.41. The van der Waals surface area contributed by atoms with Gasteiger partial charge in [0, 0.05) is 50.0 Å². The summed E-state index contributed by atoms with van der Waals surface area (Å²) in [6.07, 6.45) is 0. The van der Waals surface area contributed by atoms with Gasteiger partial charge in [0.05, 0.1) is 11.0 Å². The lowest BCUT2D eigenvalue weighted by Crippen LogP contribution is -2.00. The highest BCUT2D eigenvalue weighted by Gasteiger charge is 2.20. The van der Waals surface area contributed by atoms with Crippen LogP contribution < -0.4 is 0 Å². The van der Waals surface area contributed by atoms with E-state index in [0.29, 0.717) is 17.5 Å². The molecule has 0 fully saturated rings. The summed E-state index contributed by atoms with van der Waals surface area (Å²) >= 11 is 0. The van der Waals surface area contributed by atoms with Crippen LogP contribution in [0.5, 0.6) is 0 Å². The molecular weight excluding hydrogens is 709 g/mol. The first-order valence-electron chi connectivity index (χ1n) is 19.5. The minimum absolute atomic E-state index is 0.592. The Labute approximate surface area is 333 Å². The lowest BCUT2D eigenvalue weighted by atomic mass is 10.0. The molecule has 0 aliphatic carbocycles. The Morgan fingerprint density at radius 3 is 1.47 bits per heavy atom. The molecule has 0 aliphatic heterocycles. The molecule has 3 heterocycles. The molecule has 0 saturated heterocycles. The smallest absolute Gasteiger partial charge is 0.164 e. The van der Waals surface area contributed by atoms with Gasteiger partial charge in [-0.1, -0.05) is 146 Å². The fourth-order valence-corrected chi connectivity index (χ4v) is 8.59. The second-order valence-corrected chi connectivity index (χ2v) is 14.8. The number of fused-ring (bicyclic) bond motifs is 8. The zero-order valence-corrected chi connectivity index (χ0v) is 31.2. The van der Waals surface area contributed by atoms with Gasteiger partial charge in [0.1, 0.15) is 11.2 Å². The Morgan fingerprint density at radius 2 is 0.845 bits per heavy atom. The Kier molecular flexibility index (Phi) is 7.16. The van der Waals surface area contributed by atoms with Crippen molar-refractivity contribution in [2.45, 2.75) is 0 Å². The topological polar surface area (TPSA) is 56.7 Å². The average Bonchev–Trinajstić information content (AvgIpc) is 3.82. The first-order chi connectivity index (χ1) is 28.7. The third kappa shape index (κ3) is 5.21. The molecular formula is C53H32N4O. The number of nitrogens with zero attached hydrogens (tertiary/aromatic N) is 4. The molecule has 12 aromatic rings. The lowest BCUT2D eigenvalue weighted by Gasteiger charge is -2.10. The van der Waals surface area contributed by atoms with Crippen molar-refractivity contribution in [1.82, 2.24) is 19.5 Å². The molecule has 0 unspecified atom stereocenters. The third-order valence-corrected chi connectivity index (χ3v) is 11.4. The van der Waals surface area contributed by atoms with Gasteiger partial charge in [0.25, 0.3) is 0 Å². The van der Waals surface area contributed by atoms with Gasteiger partial charge < -0.3 is 8.98 Å². The van der Waals surface area contributed by atoms with Crippen molar-refractivity contribution in [3.8, 4) is 51.0 Å². The van der Waals surface area contributed by atoms with Crippen molar-refractivity contribution in [1.29, 1.82) is 0 Å². The molecule has 12 rings (SSSR count). The molecule has 58 heavy (non-hydrogen) atoms. The van der Waals surface area contributed by atoms with Crippen LogP contribution in [0.15, 0.2) is 199 Å². The van der Waals surface area contributed by atoms with Crippen LogP contribution in [0.4, 0.5) is 0 Å². The van der Waals surface area contributed by atoms with Crippen LogP contribution in [0.1, 0.15) is 0 Å². The quantitative estimate of drug-likeness (QED) is 0.176. The van der Waals surface area contributed by atoms with Crippen molar-refractivity contribution in [2.24, 2.45) is 0 Å². The van der Waals surface area contributed by atoms with E-state index in [0.717, 1.165) is 66.5 Å². The van der Waals surface area contributed by atoms with Crippen molar-refractivity contribution in [3.63, 3.8) is 0 Å². The summed E-state index contributed by atoms with van der Waals surface area (Å²) in [6, 6.07) is 68.1. The predicted octanol–water partition coefficient (Wildman–Crippen LogP) is 13.8. The molecule has 0 atom stereocenters. The van der Waals surface area contributed by atoms with Gasteiger partial charge in [-0.25, -0.2) is 15.0 Å². The van der Waals surface area contributed by atoms with Gasteiger partial charge in [-0.15, -0.1) is 0 Å². The molecule has 0 saturated carbocycles. The molecule has 3 aromatic heterocycles. The van der Waals surface area contributed by atoms with Gasteiger partial charge in [0.15, 0.2) is 17.5 Å². The number of hydrogen-bond donors (Lipinski definition) is 0. The molecule has 270 valence electrons. The van der Waals surface area contributed by atoms with E-state index in [1.54, 1.807) is 0 Å². The molecule has 5 heteroatoms. The zero-order chi connectivity index (χ0) is 38.2. The van der Waals surface area contributed by atoms with E-state index in [1.807, 2.05) is 48.5 Å². The molecule has 5 nitrogen and oxygen atoms in total. The summed E-state index contributed by atoms with van der Waals surface area (Å²) in [7, 11) is 0. The number of rotatable bonds is 5. The number of hydrogen-bond acceptors (Lipinski definition) is 4. The van der Waals surface area contributed by atoms with Crippen LogP contribution in [0.3, 0.4) is 0 Å². The minimum atomic E-state index is 0.592. The Bertz CT molecular complexity index is 3460. The highest BCUT2D eigenvalue weighted by molar-refractivity contribution is 6.17. The van der Waals surface area contributed by atoms with Crippen LogP contribution in [0, 0.1) is 0 Å². The Morgan fingerprint density at radius 1 is 0.345 bits per heavy atom. The largest absolute Gasteiger partial charge is 0.456 e. The van der Waals surface area contributed by atoms with Crippen LogP contribution in [-0.4, -0.2) is 19.5 Å². The summed E-state index contributed by atoms with van der Waals surface area (Å²) < 4.78 is 9.10. The Hall–Kier alpha value is -7.89. The monoisotopic (exact) mass is 740 g/mol. The van der Waals surface area contributed by atoms with Crippen LogP contribution in [-0.2, 0) is 0 Å². The summed E-state index contributed by atoms with van der Waals surface area (Å²) in [4.78, 5) is 15.3. The third-order valence-electron chi connectivity index (χ3n) is 11.4. The van der Waals surface area contributed by atoms with Gasteiger partial charge in [-0.05, 0) is 75.1 Å². The predicted molar refractivity (Wildman–Crippen MR) is 238 cm³/mol. The highest BCUT2D eigenvalue weighted by atomic mass is 16.3. The maximum Gasteiger partial charge on any atom is 0.164 e. The fourth-order valence-electron chi connectivity index (χ4n) is 8.59. The van der Waals surface area contributed by atoms with Crippen molar-refractivity contribution in [2.75, 3.05) is 0 Å². The number of aromatic nitrogens is 4. The van der Waals surface area contributed by atoms with Gasteiger partial charge in [0.2, 0.25) is 0 Å². The zero-order valence-electron chi connectivity index (χ0n) is 31.2. The first kappa shape index (κ1) is 32.4. The van der Waals surface area contributed by atoms with E-state index in [-0.39, 0.29) is 0 Å². The van der Waals surface area contributed by atoms with Gasteiger partial charge >= 0.3 is 0 Å². The van der Waals surface area contributed by atoms with Crippen LogP contribution >= 0.6 is 0 Å². The molecule has 0 aliphatic rings. The average molecular weight is 741 g/mol. The second kappa shape index (κ2) is 12.8. The lowest BCUT2D eigenvalue weighted by molar-refractivity contribution is 0.668. The summed E-state index contributed by atoms with van der Waals surface area (Å²) in [6.45, 7) is 0. The SMILES string of the molecule is c1ccc(-c2ccc(-c3nc(-c4ccccc4)nc(-c4cccc5oc6cc(-n7c8cc9ccccc9cc8c8cc9ccccc9cc87)ccc6c45)n3)cc2)cc1. The van der Waals surface area contributed by atoms with E-state index in [2.05, 4.69) is 150 Å². The molecule has 0 spiro atoms. The molecule has 0 radical (unpaired) electrons. The van der Waals surface area contributed by atoms with E-state index in [4.69, 9.17) is 19.4 Å². The molecule has 0 amide bonds. The van der Waals surface area contributed by atoms with Gasteiger partial charge in [-0.3, -0.25) is 0 Å². The van der Waals surface area contributed by atoms with Crippen molar-refractivity contribution >= 4 is 65.3 Å². The first-order valence-corrected chi connectivity index (χ1v) is 19.5. The minimum Gasteiger partial charge on any atom is -0.456 e. The summed E-state index contributed by atoms with van der Waals surface area (Å²) in [5.74, 6) is 1.82. The van der Waals surface area contributed by atoms with Crippen LogP contribution in [0.25, 0.3) is 116 Å². The van der Waals surface area contributed by atoms with E-state index in [1.165, 1.54) is 32.3 Å². The summed E-state index contributed by atoms with van der Waals surface area (Å²) in [5, 5.41) is 9.28. The van der Waals surface area contributed by atoms with E-state index >= 15 is 0 Å². The molecule has 0 bridgehead atoms. The summed E-state index contributed by atoms with van der Waals surface area (Å²) in [5.41, 5.74) is 9.95. The fraction of sp³-hybridized carbons (Fsp3) is 0. The maximum absolute atomic E-state index is 6.72. The van der Waals surface area contributed by atoms with Gasteiger partial charge in [-0.2, -0.15) is 0 Å². The molecule has 9 aromatic carbocycles. The normalized spacial score (nSPS) is 11.8. The number of furan rings is 1. The van der Waals surface area contributed by atoms with Crippen molar-refractivity contribution < 1.29 is 4.42 Å². The van der Waals surface area contributed by atoms with Crippen LogP contribution in [0.2, 0.25) is 0 Å². The second-order valence-electron chi connectivity index (χ2n) is 14.8. The van der Waals surface area contributed by atoms with Crippen molar-refractivity contribution in [3.05, 3.63) is 194 Å². The standard InChI is InChI=1S/C53H32N4O/c1-3-12-33(13-4-1)34-22-24-36(25-23-34)52-54-51(35-14-5-2-6-15-35)55-53(56-52)43-20-11-21-48-50(43)42-27-26-41(32-49(42)58-48)57-46-30-39-18-9-7-16-37(39)28-44(46)45-29-38-17-8-10-19-40(38)31-47(45)57/h1-32H. The Balaban J connectivity index is 1.04. The number of benzene rings is 9. The molecule has 0 N–H and O–H groups in total. The maximum atomic E-state index is 6.72.